The Morgan fingerprint density at radius 2 is 1.56 bits per heavy atom. The van der Waals surface area contributed by atoms with Crippen LogP contribution in [0.4, 0.5) is 0 Å². The van der Waals surface area contributed by atoms with E-state index in [1.807, 2.05) is 0 Å². The number of hydrogen-bond donors (Lipinski definition) is 0. The van der Waals surface area contributed by atoms with Crippen LogP contribution in [0.1, 0.15) is 46.0 Å². The van der Waals surface area contributed by atoms with Crippen LogP contribution in [0.15, 0.2) is 11.5 Å². The SMILES string of the molecule is [C-]#[N+]C(C#N)=C1N(CCCN2CCC[C@@H]2C)CCN1CCN1CCC[C@@H]1C. The molecule has 3 aliphatic rings. The molecular formula is C21H34N6. The lowest BCUT2D eigenvalue weighted by Crippen LogP contribution is -2.36. The summed E-state index contributed by atoms with van der Waals surface area (Å²) in [5, 5.41) is 9.48. The van der Waals surface area contributed by atoms with Gasteiger partial charge in [-0.25, -0.2) is 10.1 Å². The van der Waals surface area contributed by atoms with Crippen molar-refractivity contribution in [2.75, 3.05) is 52.4 Å². The zero-order chi connectivity index (χ0) is 19.2. The van der Waals surface area contributed by atoms with Crippen LogP contribution in [0, 0.1) is 17.9 Å². The van der Waals surface area contributed by atoms with Crippen LogP contribution in [0.3, 0.4) is 0 Å². The third kappa shape index (κ3) is 4.75. The van der Waals surface area contributed by atoms with Gasteiger partial charge >= 0.3 is 5.70 Å². The smallest absolute Gasteiger partial charge is 0.300 e. The van der Waals surface area contributed by atoms with Gasteiger partial charge in [-0.1, -0.05) is 0 Å². The highest BCUT2D eigenvalue weighted by Gasteiger charge is 2.30. The average molecular weight is 371 g/mol. The summed E-state index contributed by atoms with van der Waals surface area (Å²) in [5.41, 5.74) is 0.261. The summed E-state index contributed by atoms with van der Waals surface area (Å²) in [7, 11) is 0. The van der Waals surface area contributed by atoms with E-state index in [1.165, 1.54) is 38.8 Å². The molecule has 3 fully saturated rings. The van der Waals surface area contributed by atoms with Crippen LogP contribution < -0.4 is 0 Å². The van der Waals surface area contributed by atoms with E-state index in [-0.39, 0.29) is 5.70 Å². The predicted molar refractivity (Wildman–Crippen MR) is 108 cm³/mol. The van der Waals surface area contributed by atoms with E-state index >= 15 is 0 Å². The molecule has 0 spiro atoms. The molecule has 0 aromatic carbocycles. The van der Waals surface area contributed by atoms with Gasteiger partial charge in [0.1, 0.15) is 5.82 Å². The maximum atomic E-state index is 9.48. The van der Waals surface area contributed by atoms with Crippen LogP contribution in [0.25, 0.3) is 4.85 Å². The first-order valence-electron chi connectivity index (χ1n) is 10.6. The van der Waals surface area contributed by atoms with E-state index in [2.05, 4.69) is 44.4 Å². The number of nitrogens with zero attached hydrogens (tertiary/aromatic N) is 6. The lowest BCUT2D eigenvalue weighted by Gasteiger charge is -2.29. The number of nitriles is 1. The second kappa shape index (κ2) is 9.44. The molecule has 27 heavy (non-hydrogen) atoms. The number of rotatable bonds is 7. The minimum absolute atomic E-state index is 0.261. The molecule has 0 radical (unpaired) electrons. The fraction of sp³-hybridized carbons (Fsp3) is 0.810. The molecule has 0 amide bonds. The summed E-state index contributed by atoms with van der Waals surface area (Å²) < 4.78 is 0. The summed E-state index contributed by atoms with van der Waals surface area (Å²) in [6.07, 6.45) is 6.30. The third-order valence-electron chi connectivity index (χ3n) is 6.58. The molecule has 0 aromatic heterocycles. The van der Waals surface area contributed by atoms with Crippen molar-refractivity contribution >= 4 is 0 Å². The lowest BCUT2D eigenvalue weighted by atomic mass is 10.2. The zero-order valence-electron chi connectivity index (χ0n) is 17.0. The van der Waals surface area contributed by atoms with Crippen molar-refractivity contribution in [1.82, 2.24) is 19.6 Å². The Morgan fingerprint density at radius 1 is 0.963 bits per heavy atom. The van der Waals surface area contributed by atoms with Crippen LogP contribution in [-0.4, -0.2) is 84.0 Å². The number of hydrogen-bond acceptors (Lipinski definition) is 5. The molecule has 0 unspecified atom stereocenters. The molecule has 0 aliphatic carbocycles. The summed E-state index contributed by atoms with van der Waals surface area (Å²) in [6.45, 7) is 20.3. The van der Waals surface area contributed by atoms with E-state index in [0.29, 0.717) is 12.1 Å². The predicted octanol–water partition coefficient (Wildman–Crippen LogP) is 2.57. The second-order valence-corrected chi connectivity index (χ2v) is 8.28. The molecule has 0 aromatic rings. The average Bonchev–Trinajstić information content (AvgIpc) is 3.37. The van der Waals surface area contributed by atoms with Gasteiger partial charge in [0, 0.05) is 51.4 Å². The van der Waals surface area contributed by atoms with Crippen molar-refractivity contribution < 1.29 is 0 Å². The van der Waals surface area contributed by atoms with Crippen LogP contribution in [0.2, 0.25) is 0 Å². The highest BCUT2D eigenvalue weighted by Crippen LogP contribution is 2.25. The van der Waals surface area contributed by atoms with Gasteiger partial charge in [-0.3, -0.25) is 4.90 Å². The van der Waals surface area contributed by atoms with Crippen LogP contribution in [0.5, 0.6) is 0 Å². The molecular weight excluding hydrogens is 336 g/mol. The largest absolute Gasteiger partial charge is 0.365 e. The van der Waals surface area contributed by atoms with Gasteiger partial charge in [0.05, 0.1) is 12.6 Å². The highest BCUT2D eigenvalue weighted by molar-refractivity contribution is 5.33. The Balaban J connectivity index is 1.58. The van der Waals surface area contributed by atoms with Crippen LogP contribution in [-0.2, 0) is 0 Å². The third-order valence-corrected chi connectivity index (χ3v) is 6.58. The van der Waals surface area contributed by atoms with Crippen molar-refractivity contribution in [2.45, 2.75) is 58.0 Å². The monoisotopic (exact) mass is 370 g/mol. The van der Waals surface area contributed by atoms with E-state index < -0.39 is 0 Å². The maximum Gasteiger partial charge on any atom is 0.300 e. The van der Waals surface area contributed by atoms with E-state index in [9.17, 15) is 5.26 Å². The van der Waals surface area contributed by atoms with Gasteiger partial charge < -0.3 is 14.7 Å². The summed E-state index contributed by atoms with van der Waals surface area (Å²) >= 11 is 0. The molecule has 0 saturated carbocycles. The van der Waals surface area contributed by atoms with E-state index in [4.69, 9.17) is 6.57 Å². The molecule has 6 heteroatoms. The van der Waals surface area contributed by atoms with Crippen molar-refractivity contribution in [3.05, 3.63) is 22.9 Å². The van der Waals surface area contributed by atoms with E-state index in [1.54, 1.807) is 0 Å². The summed E-state index contributed by atoms with van der Waals surface area (Å²) in [6, 6.07) is 3.51. The van der Waals surface area contributed by atoms with Crippen molar-refractivity contribution in [1.29, 1.82) is 5.26 Å². The topological polar surface area (TPSA) is 41.1 Å². The number of allylic oxidation sites excluding steroid dienone is 1. The van der Waals surface area contributed by atoms with Crippen LogP contribution >= 0.6 is 0 Å². The number of likely N-dealkylation sites (tertiary alicyclic amines) is 2. The van der Waals surface area contributed by atoms with Gasteiger partial charge in [0.2, 0.25) is 0 Å². The standard InChI is InChI=1S/C21H34N6/c1-18-7-4-9-24(18)11-6-12-26-15-16-27(21(26)20(17-22)23-3)14-13-25-10-5-8-19(25)2/h18-19H,4-16H2,1-2H3/t18-,19-/m0/s1. The van der Waals surface area contributed by atoms with Crippen molar-refractivity contribution in [3.8, 4) is 6.07 Å². The van der Waals surface area contributed by atoms with Crippen molar-refractivity contribution in [3.63, 3.8) is 0 Å². The summed E-state index contributed by atoms with van der Waals surface area (Å²) in [5.74, 6) is 0.883. The second-order valence-electron chi connectivity index (χ2n) is 8.28. The van der Waals surface area contributed by atoms with Gasteiger partial charge in [-0.2, -0.15) is 0 Å². The van der Waals surface area contributed by atoms with E-state index in [0.717, 1.165) is 51.5 Å². The van der Waals surface area contributed by atoms with Gasteiger partial charge in [0.15, 0.2) is 0 Å². The molecule has 3 aliphatic heterocycles. The Labute approximate surface area is 164 Å². The molecule has 3 rings (SSSR count). The van der Waals surface area contributed by atoms with Gasteiger partial charge in [-0.05, 0) is 59.0 Å². The molecule has 0 N–H and O–H groups in total. The minimum atomic E-state index is 0.261. The summed E-state index contributed by atoms with van der Waals surface area (Å²) in [4.78, 5) is 13.2. The maximum absolute atomic E-state index is 9.48. The first-order valence-corrected chi connectivity index (χ1v) is 10.6. The molecule has 148 valence electrons. The molecule has 3 heterocycles. The molecule has 6 nitrogen and oxygen atoms in total. The van der Waals surface area contributed by atoms with Gasteiger partial charge in [-0.15, -0.1) is 0 Å². The Kier molecular flexibility index (Phi) is 6.99. The fourth-order valence-electron chi connectivity index (χ4n) is 4.88. The normalized spacial score (nSPS) is 28.6. The highest BCUT2D eigenvalue weighted by atomic mass is 15.4. The fourth-order valence-corrected chi connectivity index (χ4v) is 4.88. The zero-order valence-corrected chi connectivity index (χ0v) is 17.0. The first kappa shape index (κ1) is 20.0. The Morgan fingerprint density at radius 3 is 2.07 bits per heavy atom. The Bertz CT molecular complexity index is 599. The quantitative estimate of drug-likeness (QED) is 0.509. The molecule has 2 atom stereocenters. The first-order chi connectivity index (χ1) is 13.1. The molecule has 0 bridgehead atoms. The van der Waals surface area contributed by atoms with Gasteiger partial charge in [0.25, 0.3) is 0 Å². The minimum Gasteiger partial charge on any atom is -0.365 e. The van der Waals surface area contributed by atoms with Crippen molar-refractivity contribution in [2.24, 2.45) is 0 Å². The molecule has 3 saturated heterocycles. The Hall–Kier alpha value is -1.76. The lowest BCUT2D eigenvalue weighted by molar-refractivity contribution is 0.224.